The van der Waals surface area contributed by atoms with Crippen LogP contribution in [0.25, 0.3) is 0 Å². The van der Waals surface area contributed by atoms with E-state index in [9.17, 15) is 0 Å². The first-order valence-electron chi connectivity index (χ1n) is 5.91. The molecule has 84 valence electrons. The topological polar surface area (TPSA) is 24.8 Å². The van der Waals surface area contributed by atoms with E-state index < -0.39 is 0 Å². The molecule has 0 atom stereocenters. The molecule has 15 heavy (non-hydrogen) atoms. The highest BCUT2D eigenvalue weighted by Gasteiger charge is 2.11. The summed E-state index contributed by atoms with van der Waals surface area (Å²) in [6, 6.07) is 0. The fraction of sp³-hybridized carbons (Fsp3) is 0.750. The summed E-state index contributed by atoms with van der Waals surface area (Å²) in [5.41, 5.74) is 1.38. The maximum absolute atomic E-state index is 5.65. The van der Waals surface area contributed by atoms with Crippen LogP contribution in [-0.2, 0) is 4.74 Å². The second kappa shape index (κ2) is 5.31. The average molecular weight is 208 g/mol. The van der Waals surface area contributed by atoms with Crippen LogP contribution in [0, 0.1) is 0 Å². The molecule has 0 bridgehead atoms. The van der Waals surface area contributed by atoms with E-state index in [1.165, 1.54) is 31.5 Å². The van der Waals surface area contributed by atoms with Crippen LogP contribution in [0.1, 0.15) is 26.2 Å². The summed E-state index contributed by atoms with van der Waals surface area (Å²) in [4.78, 5) is 6.80. The molecule has 2 aliphatic rings. The van der Waals surface area contributed by atoms with Gasteiger partial charge in [0.1, 0.15) is 6.61 Å². The molecule has 0 aromatic rings. The zero-order valence-electron chi connectivity index (χ0n) is 9.54. The van der Waals surface area contributed by atoms with Crippen LogP contribution >= 0.6 is 0 Å². The van der Waals surface area contributed by atoms with Gasteiger partial charge in [0.05, 0.1) is 0 Å². The fourth-order valence-corrected chi connectivity index (χ4v) is 2.04. The van der Waals surface area contributed by atoms with E-state index in [1.54, 1.807) is 0 Å². The number of hydrogen-bond acceptors (Lipinski definition) is 3. The Balaban J connectivity index is 1.67. The van der Waals surface area contributed by atoms with Crippen molar-refractivity contribution in [2.45, 2.75) is 26.2 Å². The predicted molar refractivity (Wildman–Crippen MR) is 62.3 cm³/mol. The molecule has 0 spiro atoms. The van der Waals surface area contributed by atoms with Gasteiger partial charge in [-0.3, -0.25) is 9.89 Å². The minimum atomic E-state index is 0.780. The molecule has 0 saturated carbocycles. The molecular formula is C12H20N2O. The van der Waals surface area contributed by atoms with E-state index >= 15 is 0 Å². The highest BCUT2D eigenvalue weighted by molar-refractivity contribution is 5.89. The van der Waals surface area contributed by atoms with Crippen molar-refractivity contribution in [1.29, 1.82) is 0 Å². The monoisotopic (exact) mass is 208 g/mol. The molecule has 0 radical (unpaired) electrons. The molecule has 1 fully saturated rings. The number of hydrogen-bond donors (Lipinski definition) is 0. The first-order valence-corrected chi connectivity index (χ1v) is 5.91. The average Bonchev–Trinajstić information content (AvgIpc) is 2.71. The molecule has 0 unspecified atom stereocenters. The lowest BCUT2D eigenvalue weighted by Crippen LogP contribution is -2.25. The number of likely N-dealkylation sites (tertiary alicyclic amines) is 1. The van der Waals surface area contributed by atoms with Gasteiger partial charge in [-0.1, -0.05) is 5.57 Å². The van der Waals surface area contributed by atoms with Gasteiger partial charge in [-0.2, -0.15) is 0 Å². The predicted octanol–water partition coefficient (Wildman–Crippen LogP) is 1.85. The lowest BCUT2D eigenvalue weighted by Gasteiger charge is -2.16. The van der Waals surface area contributed by atoms with E-state index in [2.05, 4.69) is 22.9 Å². The number of aliphatic imine (C=N–C) groups is 1. The molecule has 0 N–H and O–H groups in total. The quantitative estimate of drug-likeness (QED) is 0.707. The number of nitrogens with zero attached hydrogens (tertiary/aromatic N) is 2. The smallest absolute Gasteiger partial charge is 0.208 e. The van der Waals surface area contributed by atoms with Gasteiger partial charge in [-0.05, 0) is 45.4 Å². The lowest BCUT2D eigenvalue weighted by molar-refractivity contribution is 0.230. The van der Waals surface area contributed by atoms with Crippen LogP contribution in [0.3, 0.4) is 0 Å². The molecular weight excluding hydrogens is 188 g/mol. The van der Waals surface area contributed by atoms with Gasteiger partial charge >= 0.3 is 0 Å². The zero-order valence-corrected chi connectivity index (χ0v) is 9.54. The van der Waals surface area contributed by atoms with Crippen molar-refractivity contribution in [3.05, 3.63) is 11.6 Å². The maximum Gasteiger partial charge on any atom is 0.208 e. The Morgan fingerprint density at radius 1 is 1.40 bits per heavy atom. The Labute approximate surface area is 91.8 Å². The van der Waals surface area contributed by atoms with Crippen molar-refractivity contribution >= 4 is 5.90 Å². The number of ether oxygens (including phenoxy) is 1. The Morgan fingerprint density at radius 2 is 2.20 bits per heavy atom. The Bertz CT molecular complexity index is 265. The van der Waals surface area contributed by atoms with E-state index in [0.717, 1.165) is 32.0 Å². The molecule has 2 rings (SSSR count). The van der Waals surface area contributed by atoms with Gasteiger partial charge in [-0.25, -0.2) is 0 Å². The van der Waals surface area contributed by atoms with E-state index in [4.69, 9.17) is 4.74 Å². The van der Waals surface area contributed by atoms with Crippen LogP contribution in [0.5, 0.6) is 0 Å². The molecule has 0 aliphatic carbocycles. The van der Waals surface area contributed by atoms with E-state index in [-0.39, 0.29) is 0 Å². The third-order valence-corrected chi connectivity index (χ3v) is 3.00. The van der Waals surface area contributed by atoms with Gasteiger partial charge in [0.25, 0.3) is 0 Å². The summed E-state index contributed by atoms with van der Waals surface area (Å²) in [5, 5.41) is 0. The molecule has 2 aliphatic heterocycles. The van der Waals surface area contributed by atoms with Crippen LogP contribution in [0.15, 0.2) is 16.6 Å². The van der Waals surface area contributed by atoms with E-state index in [1.807, 2.05) is 0 Å². The molecule has 0 aromatic carbocycles. The normalized spacial score (nSPS) is 22.5. The van der Waals surface area contributed by atoms with Crippen LogP contribution in [0.4, 0.5) is 0 Å². The van der Waals surface area contributed by atoms with Gasteiger partial charge in [0, 0.05) is 13.1 Å². The Morgan fingerprint density at radius 3 is 2.93 bits per heavy atom. The van der Waals surface area contributed by atoms with Gasteiger partial charge < -0.3 is 4.74 Å². The van der Waals surface area contributed by atoms with Crippen molar-refractivity contribution in [2.75, 3.05) is 32.8 Å². The minimum absolute atomic E-state index is 0.780. The minimum Gasteiger partial charge on any atom is -0.477 e. The summed E-state index contributed by atoms with van der Waals surface area (Å²) < 4.78 is 5.65. The fourth-order valence-electron chi connectivity index (χ4n) is 2.04. The van der Waals surface area contributed by atoms with Crippen molar-refractivity contribution < 1.29 is 4.74 Å². The lowest BCUT2D eigenvalue weighted by atomic mass is 10.2. The molecule has 3 heteroatoms. The standard InChI is InChI=1S/C12H20N2O/c1-11-4-5-13-12(10-11)15-9-8-14-6-2-3-7-14/h10H,2-9H2,1H3. The summed E-state index contributed by atoms with van der Waals surface area (Å²) in [7, 11) is 0. The summed E-state index contributed by atoms with van der Waals surface area (Å²) in [6.07, 6.45) is 5.84. The second-order valence-corrected chi connectivity index (χ2v) is 4.36. The van der Waals surface area contributed by atoms with Crippen molar-refractivity contribution in [3.63, 3.8) is 0 Å². The van der Waals surface area contributed by atoms with Crippen molar-refractivity contribution in [2.24, 2.45) is 4.99 Å². The zero-order chi connectivity index (χ0) is 10.5. The molecule has 0 aromatic heterocycles. The summed E-state index contributed by atoms with van der Waals surface area (Å²) in [6.45, 7) is 7.34. The maximum atomic E-state index is 5.65. The van der Waals surface area contributed by atoms with Gasteiger partial charge in [0.2, 0.25) is 5.90 Å². The molecule has 3 nitrogen and oxygen atoms in total. The summed E-state index contributed by atoms with van der Waals surface area (Å²) in [5.74, 6) is 0.831. The number of rotatable bonds is 3. The highest BCUT2D eigenvalue weighted by atomic mass is 16.5. The van der Waals surface area contributed by atoms with Gasteiger partial charge in [0.15, 0.2) is 0 Å². The first-order chi connectivity index (χ1) is 7.34. The molecule has 2 heterocycles. The van der Waals surface area contributed by atoms with Gasteiger partial charge in [-0.15, -0.1) is 0 Å². The van der Waals surface area contributed by atoms with Crippen LogP contribution in [0.2, 0.25) is 0 Å². The SMILES string of the molecule is CC1=CC(OCCN2CCCC2)=NCC1. The second-order valence-electron chi connectivity index (χ2n) is 4.36. The van der Waals surface area contributed by atoms with Crippen LogP contribution < -0.4 is 0 Å². The largest absolute Gasteiger partial charge is 0.477 e. The Kier molecular flexibility index (Phi) is 3.78. The third-order valence-electron chi connectivity index (χ3n) is 3.00. The van der Waals surface area contributed by atoms with Crippen LogP contribution in [-0.4, -0.2) is 43.6 Å². The van der Waals surface area contributed by atoms with Crippen molar-refractivity contribution in [3.8, 4) is 0 Å². The first kappa shape index (κ1) is 10.7. The third kappa shape index (κ3) is 3.34. The highest BCUT2D eigenvalue weighted by Crippen LogP contribution is 2.09. The van der Waals surface area contributed by atoms with Crippen molar-refractivity contribution in [1.82, 2.24) is 4.90 Å². The van der Waals surface area contributed by atoms with E-state index in [0.29, 0.717) is 0 Å². The Hall–Kier alpha value is -0.830. The summed E-state index contributed by atoms with van der Waals surface area (Å²) >= 11 is 0. The molecule has 0 amide bonds. The number of dihydropyridines is 1. The molecule has 1 saturated heterocycles.